The lowest BCUT2D eigenvalue weighted by molar-refractivity contribution is -0.144. The fourth-order valence-corrected chi connectivity index (χ4v) is 1.52. The molecule has 0 aliphatic carbocycles. The normalized spacial score (nSPS) is 16.9. The van der Waals surface area contributed by atoms with Crippen molar-refractivity contribution in [2.24, 2.45) is 5.92 Å². The quantitative estimate of drug-likeness (QED) is 0.570. The third-order valence-electron chi connectivity index (χ3n) is 2.54. The Morgan fingerprint density at radius 2 is 1.90 bits per heavy atom. The van der Waals surface area contributed by atoms with Crippen molar-refractivity contribution >= 4 is 12.1 Å². The molecule has 1 saturated heterocycles. The van der Waals surface area contributed by atoms with Crippen LogP contribution in [0.4, 0.5) is 4.79 Å². The first-order chi connectivity index (χ1) is 9.36. The van der Waals surface area contributed by atoms with E-state index in [1.165, 1.54) is 11.9 Å². The van der Waals surface area contributed by atoms with Gasteiger partial charge in [0.1, 0.15) is 5.02 Å². The van der Waals surface area contributed by atoms with E-state index in [0.29, 0.717) is 13.1 Å². The number of carboxylic acid groups (broad SMARTS) is 1. The van der Waals surface area contributed by atoms with Crippen molar-refractivity contribution in [1.29, 1.82) is 0 Å². The predicted molar refractivity (Wildman–Crippen MR) is 62.5 cm³/mol. The molecule has 1 aliphatic heterocycles. The molecule has 0 amide bonds. The molecule has 2 heterocycles. The van der Waals surface area contributed by atoms with Gasteiger partial charge in [0.05, 0.1) is 25.1 Å². The van der Waals surface area contributed by atoms with Crippen LogP contribution in [0.5, 0.6) is 0 Å². The molecule has 0 aromatic carbocycles. The Kier molecular flexibility index (Phi) is 3.81. The number of hydrogen-bond acceptors (Lipinski definition) is 7. The highest BCUT2D eigenvalue weighted by Crippen LogP contribution is 2.16. The number of hydrogen-bond donors (Lipinski definition) is 1. The van der Waals surface area contributed by atoms with E-state index in [1.54, 1.807) is 18.9 Å². The van der Waals surface area contributed by atoms with Crippen LogP contribution in [0.1, 0.15) is 20.8 Å². The van der Waals surface area contributed by atoms with Crippen molar-refractivity contribution in [2.75, 3.05) is 18.1 Å². The third-order valence-corrected chi connectivity index (χ3v) is 2.54. The van der Waals surface area contributed by atoms with Gasteiger partial charge in [-0.2, -0.15) is 4.63 Å². The average Bonchev–Trinajstić information content (AvgIpc) is 2.91. The van der Waals surface area contributed by atoms with Gasteiger partial charge in [-0.05, 0) is 13.8 Å². The highest BCUT2D eigenvalue weighted by atomic mass is 17.0. The van der Waals surface area contributed by atoms with Crippen LogP contribution in [-0.4, -0.2) is 52.7 Å². The number of carbonyl (C=O) groups is 2. The largest absolute Gasteiger partial charge is 0.511 e. The molecular weight excluding hydrogens is 274 g/mol. The average molecular weight is 291 g/mol. The summed E-state index contributed by atoms with van der Waals surface area (Å²) in [6.45, 7) is 5.56. The summed E-state index contributed by atoms with van der Waals surface area (Å²) in [7, 11) is 0. The lowest BCUT2D eigenvalue weighted by Gasteiger charge is -2.32. The highest BCUT2D eigenvalue weighted by Gasteiger charge is 2.38. The van der Waals surface area contributed by atoms with E-state index in [9.17, 15) is 9.59 Å². The second kappa shape index (κ2) is 5.39. The van der Waals surface area contributed by atoms with Crippen LogP contribution in [0, 0.1) is 5.92 Å². The maximum atomic E-state index is 11.2. The molecule has 114 valence electrons. The molecule has 10 nitrogen and oxygen atoms in total. The maximum absolute atomic E-state index is 11.2. The number of nitrogens with zero attached hydrogens (tertiary/aromatic N) is 3. The van der Waals surface area contributed by atoms with Gasteiger partial charge in [0.25, 0.3) is 6.29 Å². The summed E-state index contributed by atoms with van der Waals surface area (Å²) in [6.07, 6.45) is -2.02. The zero-order chi connectivity index (χ0) is 14.9. The fraction of sp³-hybridized carbons (Fsp3) is 0.800. The summed E-state index contributed by atoms with van der Waals surface area (Å²) in [5, 5.41) is 11.3. The van der Waals surface area contributed by atoms with Crippen LogP contribution in [0.3, 0.4) is 0 Å². The first-order valence-electron chi connectivity index (χ1n) is 6.16. The molecule has 0 bridgehead atoms. The van der Waals surface area contributed by atoms with E-state index < -0.39 is 24.3 Å². The second-order valence-electron chi connectivity index (χ2n) is 4.69. The SMILES string of the molecule is CC(C)OC(=O)OC(C)On1on1N1CC(C(=O)O)C1. The van der Waals surface area contributed by atoms with Gasteiger partial charge in [0.2, 0.25) is 0 Å². The molecule has 2 rings (SSSR count). The van der Waals surface area contributed by atoms with Gasteiger partial charge in [0, 0.05) is 11.9 Å². The van der Waals surface area contributed by atoms with Crippen molar-refractivity contribution in [3.8, 4) is 0 Å². The van der Waals surface area contributed by atoms with Crippen LogP contribution in [0.25, 0.3) is 0 Å². The topological polar surface area (TPSA) is 108 Å². The van der Waals surface area contributed by atoms with E-state index >= 15 is 0 Å². The molecule has 1 unspecified atom stereocenters. The van der Waals surface area contributed by atoms with Crippen LogP contribution in [0.2, 0.25) is 0 Å². The van der Waals surface area contributed by atoms with Crippen molar-refractivity contribution in [1.82, 2.24) is 9.98 Å². The Labute approximate surface area is 114 Å². The monoisotopic (exact) mass is 291 g/mol. The molecule has 1 atom stereocenters. The van der Waals surface area contributed by atoms with Gasteiger partial charge in [-0.15, -0.1) is 0 Å². The molecule has 10 heteroatoms. The number of aromatic nitrogens is 2. The van der Waals surface area contributed by atoms with Gasteiger partial charge in [-0.25, -0.2) is 4.79 Å². The van der Waals surface area contributed by atoms with Gasteiger partial charge >= 0.3 is 12.1 Å². The number of carboxylic acids is 1. The lowest BCUT2D eigenvalue weighted by atomic mass is 10.0. The van der Waals surface area contributed by atoms with Crippen LogP contribution < -0.4 is 9.85 Å². The first kappa shape index (κ1) is 14.2. The Morgan fingerprint density at radius 3 is 2.45 bits per heavy atom. The molecule has 1 aliphatic rings. The number of aliphatic carboxylic acids is 1. The van der Waals surface area contributed by atoms with Crippen molar-refractivity contribution in [3.05, 3.63) is 0 Å². The molecule has 0 spiro atoms. The standard InChI is InChI=1S/C10H17N3O7/c1-6(2)17-10(16)18-7(3)19-13-12(20-13)11-4-8(5-11)9(14)15/h6-8H,4-5H2,1-3H3,(H,14,15). The molecule has 1 N–H and O–H groups in total. The van der Waals surface area contributed by atoms with E-state index in [4.69, 9.17) is 24.0 Å². The minimum atomic E-state index is -0.900. The third kappa shape index (κ3) is 3.39. The highest BCUT2D eigenvalue weighted by molar-refractivity contribution is 5.72. The Morgan fingerprint density at radius 1 is 1.25 bits per heavy atom. The van der Waals surface area contributed by atoms with E-state index in [2.05, 4.69) is 0 Å². The van der Waals surface area contributed by atoms with Crippen molar-refractivity contribution < 1.29 is 33.6 Å². The predicted octanol–water partition coefficient (Wildman–Crippen LogP) is -0.129. The first-order valence-corrected chi connectivity index (χ1v) is 6.16. The van der Waals surface area contributed by atoms with Crippen LogP contribution in [0.15, 0.2) is 4.63 Å². The Balaban J connectivity index is 1.69. The van der Waals surface area contributed by atoms with Gasteiger partial charge in [-0.3, -0.25) is 9.80 Å². The van der Waals surface area contributed by atoms with Gasteiger partial charge in [0.15, 0.2) is 0 Å². The summed E-state index contributed by atoms with van der Waals surface area (Å²) in [5.74, 6) is -1.25. The Hall–Kier alpha value is -2.26. The summed E-state index contributed by atoms with van der Waals surface area (Å²) >= 11 is 0. The summed E-state index contributed by atoms with van der Waals surface area (Å²) < 4.78 is 14.5. The summed E-state index contributed by atoms with van der Waals surface area (Å²) in [6, 6.07) is 0. The number of rotatable bonds is 6. The second-order valence-corrected chi connectivity index (χ2v) is 4.69. The minimum absolute atomic E-state index is 0.280. The molecule has 1 fully saturated rings. The van der Waals surface area contributed by atoms with Gasteiger partial charge < -0.3 is 19.4 Å². The minimum Gasteiger partial charge on any atom is -0.481 e. The molecule has 20 heavy (non-hydrogen) atoms. The number of carbonyl (C=O) groups excluding carboxylic acids is 1. The van der Waals surface area contributed by atoms with Crippen LogP contribution in [-0.2, 0) is 14.3 Å². The van der Waals surface area contributed by atoms with Crippen molar-refractivity contribution in [2.45, 2.75) is 33.2 Å². The fourth-order valence-electron chi connectivity index (χ4n) is 1.52. The van der Waals surface area contributed by atoms with E-state index in [0.717, 1.165) is 5.02 Å². The van der Waals surface area contributed by atoms with Crippen LogP contribution >= 0.6 is 0 Å². The lowest BCUT2D eigenvalue weighted by Crippen LogP contribution is -2.55. The summed E-state index contributed by atoms with van der Waals surface area (Å²) in [5.41, 5.74) is 0. The summed E-state index contributed by atoms with van der Waals surface area (Å²) in [4.78, 5) is 28.2. The Bertz CT molecular complexity index is 468. The van der Waals surface area contributed by atoms with E-state index in [1.807, 2.05) is 0 Å². The molecule has 0 saturated carbocycles. The van der Waals surface area contributed by atoms with Gasteiger partial charge in [-0.1, -0.05) is 0 Å². The smallest absolute Gasteiger partial charge is 0.481 e. The zero-order valence-corrected chi connectivity index (χ0v) is 11.4. The zero-order valence-electron chi connectivity index (χ0n) is 11.4. The maximum Gasteiger partial charge on any atom is 0.511 e. The van der Waals surface area contributed by atoms with Crippen molar-refractivity contribution in [3.63, 3.8) is 0 Å². The van der Waals surface area contributed by atoms with E-state index in [-0.39, 0.29) is 6.10 Å². The molecular formula is C10H17N3O7. The molecule has 0 radical (unpaired) electrons. The molecule has 1 aromatic heterocycles. The molecule has 1 aromatic rings. The number of ether oxygens (including phenoxy) is 2.